The molecule has 0 aliphatic heterocycles. The van der Waals surface area contributed by atoms with E-state index in [0.717, 1.165) is 23.4 Å². The molecule has 3 N–H and O–H groups in total. The number of nitrogens with one attached hydrogen (secondary N) is 3. The van der Waals surface area contributed by atoms with Gasteiger partial charge >= 0.3 is 0 Å². The summed E-state index contributed by atoms with van der Waals surface area (Å²) in [4.78, 5) is 32.9. The normalized spacial score (nSPS) is 12.1. The molecular weight excluding hydrogens is 376 g/mol. The van der Waals surface area contributed by atoms with Crippen LogP contribution in [-0.2, 0) is 17.8 Å². The van der Waals surface area contributed by atoms with Crippen LogP contribution >= 0.6 is 11.6 Å². The van der Waals surface area contributed by atoms with Gasteiger partial charge in [0.1, 0.15) is 6.54 Å². The second-order valence-corrected chi connectivity index (χ2v) is 7.15. The maximum Gasteiger partial charge on any atom is 0.275 e. The third-order valence-electron chi connectivity index (χ3n) is 4.64. The van der Waals surface area contributed by atoms with Crippen LogP contribution in [0.5, 0.6) is 0 Å². The number of carbonyl (C=O) groups is 1. The number of nitrogens with zero attached hydrogens (tertiary/aromatic N) is 1. The Hall–Kier alpha value is -2.70. The highest BCUT2D eigenvalue weighted by atomic mass is 35.5. The summed E-state index contributed by atoms with van der Waals surface area (Å²) in [6.07, 6.45) is 0.754. The van der Waals surface area contributed by atoms with Crippen molar-refractivity contribution in [3.05, 3.63) is 75.3 Å². The first kappa shape index (κ1) is 20.0. The lowest BCUT2D eigenvalue weighted by atomic mass is 10.1. The minimum atomic E-state index is -0.150. The summed E-state index contributed by atoms with van der Waals surface area (Å²) >= 11 is 5.88. The van der Waals surface area contributed by atoms with Gasteiger partial charge in [0.2, 0.25) is 0 Å². The number of quaternary nitrogens is 1. The molecule has 6 nitrogen and oxygen atoms in total. The predicted octanol–water partition coefficient (Wildman–Crippen LogP) is 1.34. The van der Waals surface area contributed by atoms with E-state index in [-0.39, 0.29) is 11.5 Å². The number of H-pyrrole nitrogens is 1. The molecule has 3 rings (SSSR count). The second kappa shape index (κ2) is 9.48. The van der Waals surface area contributed by atoms with Gasteiger partial charge in [-0.3, -0.25) is 9.59 Å². The molecule has 1 heterocycles. The number of carbonyl (C=O) groups excluding carboxylic acids is 1. The molecule has 28 heavy (non-hydrogen) atoms. The highest BCUT2D eigenvalue weighted by molar-refractivity contribution is 6.30. The van der Waals surface area contributed by atoms with Gasteiger partial charge in [0, 0.05) is 11.6 Å². The van der Waals surface area contributed by atoms with Gasteiger partial charge in [0.15, 0.2) is 12.4 Å². The first-order chi connectivity index (χ1) is 13.5. The van der Waals surface area contributed by atoms with Gasteiger partial charge in [-0.2, -0.15) is 0 Å². The molecule has 0 radical (unpaired) electrons. The fraction of sp³-hybridized carbons (Fsp3) is 0.286. The molecule has 1 atom stereocenters. The van der Waals surface area contributed by atoms with E-state index in [1.165, 1.54) is 0 Å². The predicted molar refractivity (Wildman–Crippen MR) is 111 cm³/mol. The number of amides is 1. The van der Waals surface area contributed by atoms with E-state index in [0.29, 0.717) is 41.4 Å². The monoisotopic (exact) mass is 399 g/mol. The van der Waals surface area contributed by atoms with Crippen LogP contribution in [0, 0.1) is 0 Å². The van der Waals surface area contributed by atoms with Crippen molar-refractivity contribution in [2.75, 3.05) is 19.6 Å². The van der Waals surface area contributed by atoms with Crippen LogP contribution in [0.15, 0.2) is 53.3 Å². The Bertz CT molecular complexity index is 1000. The lowest BCUT2D eigenvalue weighted by Crippen LogP contribution is -3.11. The van der Waals surface area contributed by atoms with Crippen LogP contribution in [0.25, 0.3) is 10.9 Å². The molecule has 0 aliphatic carbocycles. The van der Waals surface area contributed by atoms with Crippen molar-refractivity contribution < 1.29 is 9.69 Å². The zero-order chi connectivity index (χ0) is 19.9. The number of likely N-dealkylation sites (N-methyl/N-ethyl adjacent to an activating group) is 1. The molecular formula is C21H24ClN4O2+. The summed E-state index contributed by atoms with van der Waals surface area (Å²) in [6, 6.07) is 14.9. The van der Waals surface area contributed by atoms with E-state index in [1.807, 2.05) is 49.4 Å². The number of benzene rings is 2. The van der Waals surface area contributed by atoms with Crippen molar-refractivity contribution in [1.82, 2.24) is 15.3 Å². The summed E-state index contributed by atoms with van der Waals surface area (Å²) in [5.41, 5.74) is 1.65. The Balaban J connectivity index is 1.54. The number of hydrogen-bond donors (Lipinski definition) is 3. The molecule has 1 unspecified atom stereocenters. The first-order valence-electron chi connectivity index (χ1n) is 9.38. The highest BCUT2D eigenvalue weighted by Gasteiger charge is 2.15. The Labute approximate surface area is 168 Å². The number of fused-ring (bicyclic) bond motifs is 1. The topological polar surface area (TPSA) is 79.3 Å². The van der Waals surface area contributed by atoms with Gasteiger partial charge in [0.25, 0.3) is 11.5 Å². The largest absolute Gasteiger partial charge is 0.351 e. The van der Waals surface area contributed by atoms with Gasteiger partial charge in [0.05, 0.1) is 17.4 Å². The SMILES string of the molecule is CC[NH+](CC(=O)NCCc1ccc(Cl)cc1)Cc1nc2ccccc2c(=O)[nH]1. The fourth-order valence-corrected chi connectivity index (χ4v) is 3.18. The van der Waals surface area contributed by atoms with E-state index < -0.39 is 0 Å². The first-order valence-corrected chi connectivity index (χ1v) is 9.75. The molecule has 0 saturated carbocycles. The zero-order valence-electron chi connectivity index (χ0n) is 15.8. The Kier molecular flexibility index (Phi) is 6.79. The molecule has 0 fully saturated rings. The number of aromatic nitrogens is 2. The fourth-order valence-electron chi connectivity index (χ4n) is 3.05. The smallest absolute Gasteiger partial charge is 0.275 e. The van der Waals surface area contributed by atoms with Crippen molar-refractivity contribution in [1.29, 1.82) is 0 Å². The quantitative estimate of drug-likeness (QED) is 0.535. The number of aromatic amines is 1. The molecule has 0 aliphatic rings. The van der Waals surface area contributed by atoms with E-state index >= 15 is 0 Å². The molecule has 0 spiro atoms. The minimum Gasteiger partial charge on any atom is -0.351 e. The van der Waals surface area contributed by atoms with Crippen molar-refractivity contribution in [3.8, 4) is 0 Å². The van der Waals surface area contributed by atoms with E-state index in [1.54, 1.807) is 6.07 Å². The second-order valence-electron chi connectivity index (χ2n) is 6.71. The minimum absolute atomic E-state index is 0.0195. The van der Waals surface area contributed by atoms with Gasteiger partial charge in [-0.25, -0.2) is 4.98 Å². The molecule has 146 valence electrons. The van der Waals surface area contributed by atoms with Crippen LogP contribution in [-0.4, -0.2) is 35.5 Å². The van der Waals surface area contributed by atoms with Crippen LogP contribution in [0.1, 0.15) is 18.3 Å². The number of rotatable bonds is 8. The van der Waals surface area contributed by atoms with Crippen molar-refractivity contribution in [3.63, 3.8) is 0 Å². The van der Waals surface area contributed by atoms with E-state index in [9.17, 15) is 9.59 Å². The lowest BCUT2D eigenvalue weighted by molar-refractivity contribution is -0.904. The van der Waals surface area contributed by atoms with Crippen LogP contribution in [0.2, 0.25) is 5.02 Å². The third kappa shape index (κ3) is 5.41. The van der Waals surface area contributed by atoms with Gasteiger partial charge in [-0.05, 0) is 43.2 Å². The zero-order valence-corrected chi connectivity index (χ0v) is 16.6. The Morgan fingerprint density at radius 2 is 1.93 bits per heavy atom. The number of hydrogen-bond acceptors (Lipinski definition) is 3. The summed E-state index contributed by atoms with van der Waals surface area (Å²) < 4.78 is 0. The molecule has 1 amide bonds. The van der Waals surface area contributed by atoms with Crippen molar-refractivity contribution in [2.24, 2.45) is 0 Å². The average molecular weight is 400 g/mol. The van der Waals surface area contributed by atoms with Crippen LogP contribution in [0.3, 0.4) is 0 Å². The molecule has 3 aromatic rings. The van der Waals surface area contributed by atoms with Crippen molar-refractivity contribution >= 4 is 28.4 Å². The molecule has 2 aromatic carbocycles. The van der Waals surface area contributed by atoms with Gasteiger partial charge in [-0.1, -0.05) is 35.9 Å². The van der Waals surface area contributed by atoms with Gasteiger partial charge < -0.3 is 15.2 Å². The number of halogens is 1. The van der Waals surface area contributed by atoms with Crippen LogP contribution < -0.4 is 15.8 Å². The summed E-state index contributed by atoms with van der Waals surface area (Å²) in [6.45, 7) is 4.15. The Morgan fingerprint density at radius 3 is 2.68 bits per heavy atom. The maximum absolute atomic E-state index is 12.3. The Morgan fingerprint density at radius 1 is 1.18 bits per heavy atom. The molecule has 0 bridgehead atoms. The highest BCUT2D eigenvalue weighted by Crippen LogP contribution is 2.09. The lowest BCUT2D eigenvalue weighted by Gasteiger charge is -2.17. The molecule has 7 heteroatoms. The molecule has 0 saturated heterocycles. The standard InChI is InChI=1S/C21H23ClN4O2/c1-2-26(13-19-24-18-6-4-3-5-17(18)21(28)25-19)14-20(27)23-12-11-15-7-9-16(22)10-8-15/h3-10H,2,11-14H2,1H3,(H,23,27)(H,24,25,28)/p+1. The van der Waals surface area contributed by atoms with E-state index in [4.69, 9.17) is 11.6 Å². The maximum atomic E-state index is 12.3. The summed E-state index contributed by atoms with van der Waals surface area (Å²) in [5.74, 6) is 0.573. The van der Waals surface area contributed by atoms with Crippen molar-refractivity contribution in [2.45, 2.75) is 19.9 Å². The van der Waals surface area contributed by atoms with Crippen LogP contribution in [0.4, 0.5) is 0 Å². The molecule has 1 aromatic heterocycles. The third-order valence-corrected chi connectivity index (χ3v) is 4.89. The average Bonchev–Trinajstić information content (AvgIpc) is 2.69. The summed E-state index contributed by atoms with van der Waals surface area (Å²) in [7, 11) is 0. The summed E-state index contributed by atoms with van der Waals surface area (Å²) in [5, 5.41) is 4.23. The van der Waals surface area contributed by atoms with E-state index in [2.05, 4.69) is 15.3 Å². The van der Waals surface area contributed by atoms with Gasteiger partial charge in [-0.15, -0.1) is 0 Å². The number of para-hydroxylation sites is 1.